The smallest absolute Gasteiger partial charge is 0.323 e. The van der Waals surface area contributed by atoms with Gasteiger partial charge in [0.1, 0.15) is 0 Å². The summed E-state index contributed by atoms with van der Waals surface area (Å²) in [5.74, 6) is 0.807. The van der Waals surface area contributed by atoms with Crippen LogP contribution in [0.2, 0.25) is 10.0 Å². The van der Waals surface area contributed by atoms with Crippen molar-refractivity contribution in [3.05, 3.63) is 28.2 Å². The molecule has 0 fully saturated rings. The van der Waals surface area contributed by atoms with Crippen molar-refractivity contribution in [2.24, 2.45) is 0 Å². The summed E-state index contributed by atoms with van der Waals surface area (Å²) in [5.41, 5.74) is 0.723. The van der Waals surface area contributed by atoms with Gasteiger partial charge in [-0.3, -0.25) is 0 Å². The topological polar surface area (TPSA) is 72.0 Å². The molecule has 0 aliphatic carbocycles. The second kappa shape index (κ2) is 7.28. The first kappa shape index (κ1) is 15.6. The Labute approximate surface area is 132 Å². The predicted molar refractivity (Wildman–Crippen MR) is 84.9 cm³/mol. The van der Waals surface area contributed by atoms with Crippen LogP contribution < -0.4 is 15.4 Å². The average Bonchev–Trinajstić information content (AvgIpc) is 2.43. The molecular formula is C13H15Cl2N5O. The van der Waals surface area contributed by atoms with Gasteiger partial charge in [-0.1, -0.05) is 23.2 Å². The fourth-order valence-corrected chi connectivity index (χ4v) is 1.84. The van der Waals surface area contributed by atoms with Crippen molar-refractivity contribution in [2.45, 2.75) is 13.8 Å². The number of anilines is 3. The van der Waals surface area contributed by atoms with Gasteiger partial charge in [0, 0.05) is 12.2 Å². The molecule has 8 heteroatoms. The van der Waals surface area contributed by atoms with E-state index in [9.17, 15) is 0 Å². The maximum Gasteiger partial charge on any atom is 0.323 e. The Morgan fingerprint density at radius 3 is 2.48 bits per heavy atom. The second-order valence-corrected chi connectivity index (χ2v) is 4.80. The number of hydrogen-bond acceptors (Lipinski definition) is 6. The molecule has 0 amide bonds. The largest absolute Gasteiger partial charge is 0.464 e. The summed E-state index contributed by atoms with van der Waals surface area (Å²) in [6, 6.07) is 5.43. The Morgan fingerprint density at radius 1 is 1.05 bits per heavy atom. The van der Waals surface area contributed by atoms with Crippen LogP contribution in [-0.2, 0) is 0 Å². The first-order valence-electron chi connectivity index (χ1n) is 6.47. The Hall–Kier alpha value is -1.79. The van der Waals surface area contributed by atoms with Crippen LogP contribution in [0.4, 0.5) is 17.6 Å². The zero-order valence-corrected chi connectivity index (χ0v) is 13.2. The van der Waals surface area contributed by atoms with Gasteiger partial charge in [-0.05, 0) is 32.0 Å². The minimum Gasteiger partial charge on any atom is -0.464 e. The fourth-order valence-electron chi connectivity index (χ4n) is 1.55. The number of rotatable bonds is 6. The molecule has 1 aromatic heterocycles. The van der Waals surface area contributed by atoms with Crippen LogP contribution in [0.5, 0.6) is 6.01 Å². The molecule has 1 heterocycles. The number of nitrogens with one attached hydrogen (secondary N) is 2. The molecule has 2 N–H and O–H groups in total. The quantitative estimate of drug-likeness (QED) is 0.841. The average molecular weight is 328 g/mol. The third-order valence-electron chi connectivity index (χ3n) is 2.40. The van der Waals surface area contributed by atoms with Crippen LogP contribution in [-0.4, -0.2) is 28.1 Å². The van der Waals surface area contributed by atoms with Gasteiger partial charge in [0.15, 0.2) is 0 Å². The standard InChI is InChI=1S/C13H15Cl2N5O/c1-3-16-11-18-12(20-13(19-11)21-4-2)17-8-5-6-9(14)10(15)7-8/h5-7H,3-4H2,1-2H3,(H2,16,17,18,19,20). The van der Waals surface area contributed by atoms with Gasteiger partial charge < -0.3 is 15.4 Å². The first-order chi connectivity index (χ1) is 10.1. The Bertz CT molecular complexity index is 599. The Kier molecular flexibility index (Phi) is 5.41. The molecule has 1 aromatic carbocycles. The van der Waals surface area contributed by atoms with Crippen molar-refractivity contribution < 1.29 is 4.74 Å². The highest BCUT2D eigenvalue weighted by molar-refractivity contribution is 6.42. The molecule has 0 bridgehead atoms. The highest BCUT2D eigenvalue weighted by Gasteiger charge is 2.08. The van der Waals surface area contributed by atoms with E-state index in [4.69, 9.17) is 27.9 Å². The minimum absolute atomic E-state index is 0.256. The molecular weight excluding hydrogens is 313 g/mol. The van der Waals surface area contributed by atoms with E-state index in [1.165, 1.54) is 0 Å². The number of nitrogens with zero attached hydrogens (tertiary/aromatic N) is 3. The predicted octanol–water partition coefficient (Wildman–Crippen LogP) is 3.75. The van der Waals surface area contributed by atoms with Gasteiger partial charge in [-0.2, -0.15) is 15.0 Å². The van der Waals surface area contributed by atoms with Gasteiger partial charge in [-0.25, -0.2) is 0 Å². The van der Waals surface area contributed by atoms with Gasteiger partial charge in [-0.15, -0.1) is 0 Å². The highest BCUT2D eigenvalue weighted by atomic mass is 35.5. The van der Waals surface area contributed by atoms with Crippen LogP contribution in [0.15, 0.2) is 18.2 Å². The van der Waals surface area contributed by atoms with Crippen LogP contribution in [0.3, 0.4) is 0 Å². The number of ether oxygens (including phenoxy) is 1. The van der Waals surface area contributed by atoms with Crippen molar-refractivity contribution in [1.29, 1.82) is 0 Å². The zero-order chi connectivity index (χ0) is 15.2. The SMILES string of the molecule is CCNc1nc(Nc2ccc(Cl)c(Cl)c2)nc(OCC)n1. The van der Waals surface area contributed by atoms with Crippen LogP contribution in [0.1, 0.15) is 13.8 Å². The van der Waals surface area contributed by atoms with E-state index in [0.717, 1.165) is 5.69 Å². The third-order valence-corrected chi connectivity index (χ3v) is 3.14. The first-order valence-corrected chi connectivity index (χ1v) is 7.22. The van der Waals surface area contributed by atoms with E-state index in [1.807, 2.05) is 13.8 Å². The van der Waals surface area contributed by atoms with Crippen LogP contribution >= 0.6 is 23.2 Å². The summed E-state index contributed by atoms with van der Waals surface area (Å²) in [6.07, 6.45) is 0. The summed E-state index contributed by atoms with van der Waals surface area (Å²) < 4.78 is 5.32. The lowest BCUT2D eigenvalue weighted by Gasteiger charge is -2.09. The molecule has 0 atom stereocenters. The molecule has 0 spiro atoms. The molecule has 0 aliphatic heterocycles. The van der Waals surface area contributed by atoms with E-state index in [0.29, 0.717) is 35.1 Å². The van der Waals surface area contributed by atoms with Crippen LogP contribution in [0, 0.1) is 0 Å². The maximum atomic E-state index is 5.98. The second-order valence-electron chi connectivity index (χ2n) is 3.98. The summed E-state index contributed by atoms with van der Waals surface area (Å²) in [4.78, 5) is 12.6. The van der Waals surface area contributed by atoms with Gasteiger partial charge in [0.25, 0.3) is 0 Å². The summed E-state index contributed by atoms with van der Waals surface area (Å²) in [5, 5.41) is 7.01. The molecule has 0 aliphatic rings. The van der Waals surface area contributed by atoms with Crippen molar-refractivity contribution in [3.63, 3.8) is 0 Å². The molecule has 0 radical (unpaired) electrons. The van der Waals surface area contributed by atoms with E-state index in [1.54, 1.807) is 18.2 Å². The maximum absolute atomic E-state index is 5.98. The van der Waals surface area contributed by atoms with E-state index in [-0.39, 0.29) is 6.01 Å². The number of benzene rings is 1. The zero-order valence-electron chi connectivity index (χ0n) is 11.7. The van der Waals surface area contributed by atoms with Crippen molar-refractivity contribution in [3.8, 4) is 6.01 Å². The van der Waals surface area contributed by atoms with Crippen LogP contribution in [0.25, 0.3) is 0 Å². The summed E-state index contributed by atoms with van der Waals surface area (Å²) in [7, 11) is 0. The number of hydrogen-bond donors (Lipinski definition) is 2. The van der Waals surface area contributed by atoms with Gasteiger partial charge in [0.05, 0.1) is 16.7 Å². The summed E-state index contributed by atoms with van der Waals surface area (Å²) >= 11 is 11.9. The normalized spacial score (nSPS) is 10.3. The molecule has 2 aromatic rings. The molecule has 112 valence electrons. The molecule has 0 saturated carbocycles. The fraction of sp³-hybridized carbons (Fsp3) is 0.308. The van der Waals surface area contributed by atoms with E-state index in [2.05, 4.69) is 25.6 Å². The Morgan fingerprint density at radius 2 is 1.81 bits per heavy atom. The molecule has 0 saturated heterocycles. The lowest BCUT2D eigenvalue weighted by Crippen LogP contribution is -2.09. The third kappa shape index (κ3) is 4.34. The minimum atomic E-state index is 0.256. The monoisotopic (exact) mass is 327 g/mol. The van der Waals surface area contributed by atoms with Crippen molar-refractivity contribution in [1.82, 2.24) is 15.0 Å². The van der Waals surface area contributed by atoms with Crippen molar-refractivity contribution >= 4 is 40.8 Å². The molecule has 2 rings (SSSR count). The molecule has 6 nitrogen and oxygen atoms in total. The van der Waals surface area contributed by atoms with Crippen molar-refractivity contribution in [2.75, 3.05) is 23.8 Å². The lowest BCUT2D eigenvalue weighted by molar-refractivity contribution is 0.312. The highest BCUT2D eigenvalue weighted by Crippen LogP contribution is 2.26. The Balaban J connectivity index is 2.26. The van der Waals surface area contributed by atoms with Gasteiger partial charge in [0.2, 0.25) is 11.9 Å². The summed E-state index contributed by atoms with van der Waals surface area (Å²) in [6.45, 7) is 4.99. The van der Waals surface area contributed by atoms with Gasteiger partial charge >= 0.3 is 6.01 Å². The number of halogens is 2. The molecule has 0 unspecified atom stereocenters. The molecule has 21 heavy (non-hydrogen) atoms. The van der Waals surface area contributed by atoms with E-state index >= 15 is 0 Å². The number of aromatic nitrogens is 3. The van der Waals surface area contributed by atoms with E-state index < -0.39 is 0 Å². The lowest BCUT2D eigenvalue weighted by atomic mass is 10.3.